The van der Waals surface area contributed by atoms with Crippen LogP contribution in [0.4, 0.5) is 0 Å². The van der Waals surface area contributed by atoms with E-state index >= 15 is 0 Å². The minimum absolute atomic E-state index is 0. The lowest BCUT2D eigenvalue weighted by Gasteiger charge is -2.08. The first-order valence-electron chi connectivity index (χ1n) is 8.84. The molecule has 0 fully saturated rings. The van der Waals surface area contributed by atoms with Gasteiger partial charge in [0.1, 0.15) is 12.3 Å². The van der Waals surface area contributed by atoms with Crippen molar-refractivity contribution < 1.29 is 11.0 Å². The number of nitrogens with zero attached hydrogens (tertiary/aromatic N) is 3. The van der Waals surface area contributed by atoms with Crippen LogP contribution in [0.5, 0.6) is 0 Å². The minimum atomic E-state index is -0.614. The number of rotatable bonds is 5. The van der Waals surface area contributed by atoms with E-state index in [4.69, 9.17) is 4.74 Å². The number of fused-ring (bicyclic) bond motifs is 1. The lowest BCUT2D eigenvalue weighted by atomic mass is 10.2. The van der Waals surface area contributed by atoms with Gasteiger partial charge in [-0.25, -0.2) is 14.6 Å². The number of benzene rings is 1. The molecule has 0 aliphatic heterocycles. The van der Waals surface area contributed by atoms with E-state index in [2.05, 4.69) is 15.0 Å². The van der Waals surface area contributed by atoms with E-state index in [0.29, 0.717) is 0 Å². The zero-order chi connectivity index (χ0) is 20.2. The normalized spacial score (nSPS) is 10.8. The fourth-order valence-corrected chi connectivity index (χ4v) is 2.87. The topological polar surface area (TPSA) is 107 Å². The maximum atomic E-state index is 12.9. The largest absolute Gasteiger partial charge is 0.457 e. The second kappa shape index (κ2) is 7.89. The van der Waals surface area contributed by atoms with Gasteiger partial charge in [-0.3, -0.25) is 19.3 Å². The molecule has 0 aliphatic carbocycles. The SMILES string of the molecule is O=C(OCc1ccncc1)c1cnc2[nH]c(=O)n(Cc3ccccc3)c(=O)c2c1.[HH]. The molecule has 4 rings (SSSR count). The molecule has 0 bridgehead atoms. The van der Waals surface area contributed by atoms with E-state index in [1.807, 2.05) is 30.3 Å². The van der Waals surface area contributed by atoms with Crippen LogP contribution in [0, 0.1) is 0 Å². The van der Waals surface area contributed by atoms with Gasteiger partial charge in [0.25, 0.3) is 5.56 Å². The summed E-state index contributed by atoms with van der Waals surface area (Å²) >= 11 is 0. The highest BCUT2D eigenvalue weighted by atomic mass is 16.5. The number of nitrogens with one attached hydrogen (secondary N) is 1. The molecule has 0 spiro atoms. The molecule has 4 aromatic rings. The number of carbonyl (C=O) groups is 1. The number of aromatic nitrogens is 4. The summed E-state index contributed by atoms with van der Waals surface area (Å²) in [5.74, 6) is -0.614. The number of pyridine rings is 2. The predicted molar refractivity (Wildman–Crippen MR) is 108 cm³/mol. The third-order valence-corrected chi connectivity index (χ3v) is 4.37. The van der Waals surface area contributed by atoms with Crippen molar-refractivity contribution in [1.29, 1.82) is 0 Å². The lowest BCUT2D eigenvalue weighted by molar-refractivity contribution is 0.0472. The number of H-pyrrole nitrogens is 1. The Morgan fingerprint density at radius 3 is 2.59 bits per heavy atom. The molecule has 0 aliphatic rings. The number of ether oxygens (including phenoxy) is 1. The van der Waals surface area contributed by atoms with E-state index in [9.17, 15) is 14.4 Å². The Bertz CT molecular complexity index is 1290. The van der Waals surface area contributed by atoms with Crippen molar-refractivity contribution in [3.63, 3.8) is 0 Å². The third-order valence-electron chi connectivity index (χ3n) is 4.37. The Kier molecular flexibility index (Phi) is 4.98. The van der Waals surface area contributed by atoms with Gasteiger partial charge in [-0.1, -0.05) is 30.3 Å². The maximum absolute atomic E-state index is 12.9. The summed E-state index contributed by atoms with van der Waals surface area (Å²) in [6, 6.07) is 14.0. The summed E-state index contributed by atoms with van der Waals surface area (Å²) in [6.07, 6.45) is 4.48. The first-order valence-corrected chi connectivity index (χ1v) is 8.84. The van der Waals surface area contributed by atoms with Crippen LogP contribution in [-0.2, 0) is 17.9 Å². The highest BCUT2D eigenvalue weighted by Crippen LogP contribution is 2.09. The summed E-state index contributed by atoms with van der Waals surface area (Å²) < 4.78 is 6.34. The highest BCUT2D eigenvalue weighted by Gasteiger charge is 2.14. The number of aromatic amines is 1. The Hall–Kier alpha value is -4.07. The van der Waals surface area contributed by atoms with Crippen LogP contribution in [0.3, 0.4) is 0 Å². The molecule has 1 aromatic carbocycles. The average Bonchev–Trinajstić information content (AvgIpc) is 2.76. The summed E-state index contributed by atoms with van der Waals surface area (Å²) in [4.78, 5) is 48.0. The average molecular weight is 390 g/mol. The molecule has 0 amide bonds. The monoisotopic (exact) mass is 390 g/mol. The van der Waals surface area contributed by atoms with Gasteiger partial charge in [-0.05, 0) is 29.3 Å². The fourth-order valence-electron chi connectivity index (χ4n) is 2.87. The Morgan fingerprint density at radius 2 is 1.83 bits per heavy atom. The molecule has 0 unspecified atom stereocenters. The zero-order valence-electron chi connectivity index (χ0n) is 15.2. The van der Waals surface area contributed by atoms with Crippen LogP contribution in [0.25, 0.3) is 11.0 Å². The van der Waals surface area contributed by atoms with Gasteiger partial charge in [0, 0.05) is 20.0 Å². The Balaban J connectivity index is 0.00000256. The van der Waals surface area contributed by atoms with E-state index in [1.54, 1.807) is 24.5 Å². The molecule has 3 aromatic heterocycles. The van der Waals surface area contributed by atoms with Crippen molar-refractivity contribution >= 4 is 17.0 Å². The van der Waals surface area contributed by atoms with Crippen molar-refractivity contribution in [1.82, 2.24) is 19.5 Å². The zero-order valence-corrected chi connectivity index (χ0v) is 15.2. The molecule has 8 nitrogen and oxygen atoms in total. The van der Waals surface area contributed by atoms with Gasteiger partial charge in [-0.2, -0.15) is 0 Å². The number of hydrogen-bond donors (Lipinski definition) is 1. The first-order chi connectivity index (χ1) is 14.1. The van der Waals surface area contributed by atoms with Crippen molar-refractivity contribution in [3.05, 3.63) is 105 Å². The fraction of sp³-hybridized carbons (Fsp3) is 0.0952. The second-order valence-corrected chi connectivity index (χ2v) is 6.36. The van der Waals surface area contributed by atoms with E-state index in [1.165, 1.54) is 12.3 Å². The second-order valence-electron chi connectivity index (χ2n) is 6.36. The standard InChI is InChI=1S/C21H16N4O4.H2/c26-19-17-10-16(20(27)29-13-15-6-8-22-9-7-15)11-23-18(17)24-21(28)25(19)12-14-4-2-1-3-5-14;/h1-11H,12-13H2,(H,23,24,28);1H. The minimum Gasteiger partial charge on any atom is -0.457 e. The van der Waals surface area contributed by atoms with Crippen molar-refractivity contribution in [3.8, 4) is 0 Å². The molecule has 0 radical (unpaired) electrons. The van der Waals surface area contributed by atoms with Crippen LogP contribution in [-0.4, -0.2) is 25.5 Å². The van der Waals surface area contributed by atoms with Gasteiger partial charge in [-0.15, -0.1) is 0 Å². The Labute approximate surface area is 165 Å². The quantitative estimate of drug-likeness (QED) is 0.523. The smallest absolute Gasteiger partial charge is 0.340 e. The number of hydrogen-bond acceptors (Lipinski definition) is 6. The predicted octanol–water partition coefficient (Wildman–Crippen LogP) is 2.13. The first kappa shape index (κ1) is 18.3. The maximum Gasteiger partial charge on any atom is 0.340 e. The molecule has 3 heterocycles. The molecule has 1 N–H and O–H groups in total. The Morgan fingerprint density at radius 1 is 1.07 bits per heavy atom. The third kappa shape index (κ3) is 3.96. The van der Waals surface area contributed by atoms with Gasteiger partial charge in [0.15, 0.2) is 0 Å². The lowest BCUT2D eigenvalue weighted by Crippen LogP contribution is -2.35. The summed E-state index contributed by atoms with van der Waals surface area (Å²) in [6.45, 7) is 0.185. The van der Waals surface area contributed by atoms with Crippen molar-refractivity contribution in [2.45, 2.75) is 13.2 Å². The van der Waals surface area contributed by atoms with Gasteiger partial charge < -0.3 is 4.74 Å². The summed E-state index contributed by atoms with van der Waals surface area (Å²) in [7, 11) is 0. The van der Waals surface area contributed by atoms with Crippen molar-refractivity contribution in [2.24, 2.45) is 0 Å². The summed E-state index contributed by atoms with van der Waals surface area (Å²) in [5.41, 5.74) is 0.754. The van der Waals surface area contributed by atoms with E-state index in [-0.39, 0.29) is 31.2 Å². The van der Waals surface area contributed by atoms with E-state index in [0.717, 1.165) is 15.7 Å². The summed E-state index contributed by atoms with van der Waals surface area (Å²) in [5, 5.41) is 0.138. The molecule has 0 atom stereocenters. The number of esters is 1. The molecule has 0 saturated carbocycles. The molecule has 8 heteroatoms. The van der Waals surface area contributed by atoms with Gasteiger partial charge >= 0.3 is 11.7 Å². The molecule has 146 valence electrons. The molecular formula is C21H18N4O4. The van der Waals surface area contributed by atoms with Crippen LogP contribution >= 0.6 is 0 Å². The van der Waals surface area contributed by atoms with E-state index < -0.39 is 17.2 Å². The molecule has 29 heavy (non-hydrogen) atoms. The van der Waals surface area contributed by atoms with Crippen molar-refractivity contribution in [2.75, 3.05) is 0 Å². The van der Waals surface area contributed by atoms with Crippen LogP contribution in [0.15, 0.2) is 76.7 Å². The van der Waals surface area contributed by atoms with Gasteiger partial charge in [0.05, 0.1) is 17.5 Å². The molecule has 0 saturated heterocycles. The van der Waals surface area contributed by atoms with Crippen LogP contribution in [0.2, 0.25) is 0 Å². The molecular weight excluding hydrogens is 372 g/mol. The van der Waals surface area contributed by atoms with Gasteiger partial charge in [0.2, 0.25) is 0 Å². The highest BCUT2D eigenvalue weighted by molar-refractivity contribution is 5.92. The van der Waals surface area contributed by atoms with Crippen LogP contribution in [0.1, 0.15) is 22.9 Å². The van der Waals surface area contributed by atoms with Crippen LogP contribution < -0.4 is 11.2 Å². The number of carbonyl (C=O) groups excluding carboxylic acids is 1.